The molecule has 0 saturated heterocycles. The molecule has 2 heterocycles. The van der Waals surface area contributed by atoms with Crippen LogP contribution < -0.4 is 4.74 Å². The number of carbonyl (C=O) groups excluding carboxylic acids is 1. The molecule has 0 aliphatic rings. The number of benzene rings is 1. The topological polar surface area (TPSA) is 66.2 Å². The van der Waals surface area contributed by atoms with E-state index in [1.165, 1.54) is 13.2 Å². The number of esters is 1. The summed E-state index contributed by atoms with van der Waals surface area (Å²) in [7, 11) is 1.37. The molecule has 0 spiro atoms. The number of ether oxygens (including phenoxy) is 2. The Morgan fingerprint density at radius 2 is 1.78 bits per heavy atom. The zero-order chi connectivity index (χ0) is 27.0. The van der Waals surface area contributed by atoms with Gasteiger partial charge in [-0.25, -0.2) is 9.67 Å². The number of para-hydroxylation sites is 1. The summed E-state index contributed by atoms with van der Waals surface area (Å²) in [6.45, 7) is 6.68. The van der Waals surface area contributed by atoms with Gasteiger partial charge in [0.25, 0.3) is 0 Å². The highest BCUT2D eigenvalue weighted by molar-refractivity contribution is 5.73. The quantitative estimate of drug-likeness (QED) is 0.203. The number of carbonyl (C=O) groups is 1. The fourth-order valence-electron chi connectivity index (χ4n) is 4.35. The number of pyridine rings is 1. The third-order valence-corrected chi connectivity index (χ3v) is 6.46. The van der Waals surface area contributed by atoms with Crippen molar-refractivity contribution in [3.63, 3.8) is 0 Å². The van der Waals surface area contributed by atoms with Gasteiger partial charge in [0, 0.05) is 23.9 Å². The molecule has 2 aromatic heterocycles. The molecule has 1 aromatic carbocycles. The Bertz CT molecular complexity index is 1170. The smallest absolute Gasteiger partial charge is 0.417 e. The molecule has 0 atom stereocenters. The second-order valence-electron chi connectivity index (χ2n) is 8.86. The number of rotatable bonds is 12. The zero-order valence-corrected chi connectivity index (χ0v) is 21.8. The maximum absolute atomic E-state index is 12.9. The van der Waals surface area contributed by atoms with Crippen LogP contribution in [-0.4, -0.2) is 34.5 Å². The van der Waals surface area contributed by atoms with Crippen LogP contribution in [-0.2, 0) is 35.0 Å². The van der Waals surface area contributed by atoms with E-state index in [-0.39, 0.29) is 18.3 Å². The molecule has 0 fully saturated rings. The van der Waals surface area contributed by atoms with Crippen molar-refractivity contribution in [3.05, 3.63) is 70.7 Å². The van der Waals surface area contributed by atoms with E-state index in [4.69, 9.17) is 14.6 Å². The first-order valence-electron chi connectivity index (χ1n) is 12.6. The molecule has 0 amide bonds. The van der Waals surface area contributed by atoms with Crippen LogP contribution in [0.4, 0.5) is 13.2 Å². The molecule has 9 heteroatoms. The Balaban J connectivity index is 1.77. The summed E-state index contributed by atoms with van der Waals surface area (Å²) in [5, 5.41) is 4.72. The van der Waals surface area contributed by atoms with Crippen molar-refractivity contribution in [1.29, 1.82) is 0 Å². The highest BCUT2D eigenvalue weighted by atomic mass is 19.4. The number of hydrogen-bond acceptors (Lipinski definition) is 5. The number of methoxy groups -OCH3 is 1. The third kappa shape index (κ3) is 7.11. The number of aromatic nitrogens is 3. The summed E-state index contributed by atoms with van der Waals surface area (Å²) in [6.07, 6.45) is 2.36. The summed E-state index contributed by atoms with van der Waals surface area (Å²) in [5.41, 5.74) is 3.00. The molecule has 3 rings (SSSR count). The van der Waals surface area contributed by atoms with Crippen molar-refractivity contribution in [2.75, 3.05) is 13.7 Å². The van der Waals surface area contributed by atoms with Crippen LogP contribution in [0.15, 0.2) is 42.7 Å². The molecule has 0 saturated carbocycles. The van der Waals surface area contributed by atoms with Crippen LogP contribution in [0, 0.1) is 0 Å². The Hall–Kier alpha value is -3.36. The maximum Gasteiger partial charge on any atom is 0.417 e. The lowest BCUT2D eigenvalue weighted by atomic mass is 9.95. The van der Waals surface area contributed by atoms with Crippen LogP contribution in [0.5, 0.6) is 5.75 Å². The van der Waals surface area contributed by atoms with Crippen molar-refractivity contribution >= 4 is 5.97 Å². The van der Waals surface area contributed by atoms with Gasteiger partial charge in [0.2, 0.25) is 0 Å². The van der Waals surface area contributed by atoms with Crippen LogP contribution >= 0.6 is 0 Å². The molecule has 37 heavy (non-hydrogen) atoms. The molecule has 0 radical (unpaired) electrons. The van der Waals surface area contributed by atoms with Gasteiger partial charge in [0.15, 0.2) is 5.82 Å². The lowest BCUT2D eigenvalue weighted by Gasteiger charge is -2.15. The molecular weight excluding hydrogens is 483 g/mol. The van der Waals surface area contributed by atoms with Gasteiger partial charge in [-0.15, -0.1) is 0 Å². The van der Waals surface area contributed by atoms with Crippen molar-refractivity contribution in [1.82, 2.24) is 14.8 Å². The van der Waals surface area contributed by atoms with Gasteiger partial charge in [-0.3, -0.25) is 4.79 Å². The van der Waals surface area contributed by atoms with Gasteiger partial charge < -0.3 is 9.47 Å². The average molecular weight is 518 g/mol. The number of alkyl halides is 3. The van der Waals surface area contributed by atoms with Crippen molar-refractivity contribution in [2.24, 2.45) is 0 Å². The minimum Gasteiger partial charge on any atom is -0.493 e. The molecule has 6 nitrogen and oxygen atoms in total. The number of nitrogens with zero attached hydrogens (tertiary/aromatic N) is 3. The minimum atomic E-state index is -4.44. The standard InChI is InChI=1S/C28H34F3N3O3/c1-5-19(6-2)26-22(18-34(33-26)24-14-13-23(17-32-24)28(29,30)31)12-9-15-37-27-20(7-3)10-8-11-21(27)16-25(35)36-4/h8,10-11,13-14,17-19H,5-7,9,12,15-16H2,1-4H3. The maximum atomic E-state index is 12.9. The minimum absolute atomic E-state index is 0.144. The Morgan fingerprint density at radius 1 is 1.05 bits per heavy atom. The molecule has 0 unspecified atom stereocenters. The number of halogens is 3. The summed E-state index contributed by atoms with van der Waals surface area (Å²) in [4.78, 5) is 15.8. The molecule has 0 aliphatic heterocycles. The molecule has 200 valence electrons. The Morgan fingerprint density at radius 3 is 2.38 bits per heavy atom. The van der Waals surface area contributed by atoms with E-state index < -0.39 is 11.7 Å². The van der Waals surface area contributed by atoms with E-state index in [1.54, 1.807) is 4.68 Å². The fraction of sp³-hybridized carbons (Fsp3) is 0.464. The van der Waals surface area contributed by atoms with Crippen LogP contribution in [0.2, 0.25) is 0 Å². The first kappa shape index (κ1) is 28.2. The van der Waals surface area contributed by atoms with Gasteiger partial charge >= 0.3 is 12.1 Å². The Labute approximate surface area is 215 Å². The van der Waals surface area contributed by atoms with E-state index in [2.05, 4.69) is 18.8 Å². The Kier molecular flexibility index (Phi) is 9.72. The first-order valence-corrected chi connectivity index (χ1v) is 12.6. The van der Waals surface area contributed by atoms with Crippen molar-refractivity contribution in [2.45, 2.75) is 71.4 Å². The van der Waals surface area contributed by atoms with E-state index >= 15 is 0 Å². The predicted molar refractivity (Wildman–Crippen MR) is 135 cm³/mol. The SMILES string of the molecule is CCc1cccc(CC(=O)OC)c1OCCCc1cn(-c2ccc(C(F)(F)F)cn2)nc1C(CC)CC. The third-order valence-electron chi connectivity index (χ3n) is 6.46. The van der Waals surface area contributed by atoms with Crippen LogP contribution in [0.1, 0.15) is 73.9 Å². The normalized spacial score (nSPS) is 11.7. The second kappa shape index (κ2) is 12.7. The van der Waals surface area contributed by atoms with E-state index in [0.29, 0.717) is 25.3 Å². The number of aryl methyl sites for hydroxylation is 2. The second-order valence-corrected chi connectivity index (χ2v) is 8.86. The van der Waals surface area contributed by atoms with Crippen molar-refractivity contribution in [3.8, 4) is 11.6 Å². The van der Waals surface area contributed by atoms with Gasteiger partial charge in [0.05, 0.1) is 31.4 Å². The highest BCUT2D eigenvalue weighted by Crippen LogP contribution is 2.30. The lowest BCUT2D eigenvalue weighted by Crippen LogP contribution is -2.09. The summed E-state index contributed by atoms with van der Waals surface area (Å²) in [5.74, 6) is 0.976. The van der Waals surface area contributed by atoms with Gasteiger partial charge in [0.1, 0.15) is 5.75 Å². The van der Waals surface area contributed by atoms with Gasteiger partial charge in [-0.2, -0.15) is 18.3 Å². The van der Waals surface area contributed by atoms with Crippen LogP contribution in [0.3, 0.4) is 0 Å². The van der Waals surface area contributed by atoms with Gasteiger partial charge in [-0.1, -0.05) is 39.0 Å². The van der Waals surface area contributed by atoms with E-state index in [9.17, 15) is 18.0 Å². The van der Waals surface area contributed by atoms with Crippen LogP contribution in [0.25, 0.3) is 5.82 Å². The summed E-state index contributed by atoms with van der Waals surface area (Å²) < 4.78 is 51.4. The fourth-order valence-corrected chi connectivity index (χ4v) is 4.35. The first-order chi connectivity index (χ1) is 17.7. The van der Waals surface area contributed by atoms with Gasteiger partial charge in [-0.05, 0) is 55.4 Å². The molecule has 3 aromatic rings. The molecule has 0 bridgehead atoms. The predicted octanol–water partition coefficient (Wildman–Crippen LogP) is 6.48. The van der Waals surface area contributed by atoms with E-state index in [0.717, 1.165) is 59.7 Å². The average Bonchev–Trinajstić information content (AvgIpc) is 3.31. The monoisotopic (exact) mass is 517 g/mol. The summed E-state index contributed by atoms with van der Waals surface area (Å²) in [6, 6.07) is 8.13. The summed E-state index contributed by atoms with van der Waals surface area (Å²) >= 11 is 0. The molecule has 0 aliphatic carbocycles. The zero-order valence-electron chi connectivity index (χ0n) is 21.8. The molecule has 0 N–H and O–H groups in total. The highest BCUT2D eigenvalue weighted by Gasteiger charge is 2.30. The number of hydrogen-bond donors (Lipinski definition) is 0. The molecular formula is C28H34F3N3O3. The lowest BCUT2D eigenvalue weighted by molar-refractivity contribution is -0.140. The van der Waals surface area contributed by atoms with Crippen molar-refractivity contribution < 1.29 is 27.4 Å². The largest absolute Gasteiger partial charge is 0.493 e. The van der Waals surface area contributed by atoms with E-state index in [1.807, 2.05) is 31.3 Å².